The van der Waals surface area contributed by atoms with Crippen LogP contribution in [0.3, 0.4) is 0 Å². The van der Waals surface area contributed by atoms with E-state index in [1.54, 1.807) is 0 Å². The summed E-state index contributed by atoms with van der Waals surface area (Å²) in [5, 5.41) is 16.0. The molecule has 1 rings (SSSR count). The van der Waals surface area contributed by atoms with E-state index in [1.807, 2.05) is 13.8 Å². The fourth-order valence-electron chi connectivity index (χ4n) is 1.24. The Hall–Kier alpha value is -0.0800. The van der Waals surface area contributed by atoms with E-state index in [1.165, 1.54) is 12.8 Å². The Morgan fingerprint density at radius 2 is 1.25 bits per heavy atom. The van der Waals surface area contributed by atoms with E-state index in [2.05, 4.69) is 6.92 Å². The Morgan fingerprint density at radius 3 is 1.50 bits per heavy atom. The third-order valence-corrected chi connectivity index (χ3v) is 1.99. The number of rotatable bonds is 0. The summed E-state index contributed by atoms with van der Waals surface area (Å²) in [5.74, 6) is 0.860. The predicted octanol–water partition coefficient (Wildman–Crippen LogP) is 2.19. The van der Waals surface area contributed by atoms with Crippen molar-refractivity contribution in [3.05, 3.63) is 0 Å². The molecule has 0 saturated heterocycles. The molecule has 0 radical (unpaired) electrons. The molecule has 0 aromatic rings. The van der Waals surface area contributed by atoms with Crippen molar-refractivity contribution in [3.63, 3.8) is 0 Å². The summed E-state index contributed by atoms with van der Waals surface area (Å²) in [6.07, 6.45) is 4.52. The summed E-state index contributed by atoms with van der Waals surface area (Å²) in [6, 6.07) is 0. The van der Waals surface area contributed by atoms with Crippen molar-refractivity contribution in [1.82, 2.24) is 0 Å². The molecule has 1 fully saturated rings. The van der Waals surface area contributed by atoms with Gasteiger partial charge in [0.2, 0.25) is 0 Å². The van der Waals surface area contributed by atoms with Gasteiger partial charge < -0.3 is 10.2 Å². The molecule has 0 atom stereocenters. The minimum atomic E-state index is 0.0196. The van der Waals surface area contributed by atoms with Crippen molar-refractivity contribution in [2.75, 3.05) is 7.11 Å². The van der Waals surface area contributed by atoms with E-state index < -0.39 is 0 Å². The van der Waals surface area contributed by atoms with Gasteiger partial charge in [-0.2, -0.15) is 0 Å². The first-order valence-electron chi connectivity index (χ1n) is 4.92. The highest BCUT2D eigenvalue weighted by Gasteiger charge is 2.14. The normalized spacial score (nSPS) is 27.5. The maximum Gasteiger partial charge on any atom is 0.0540 e. The van der Waals surface area contributed by atoms with Crippen LogP contribution in [0.1, 0.15) is 46.5 Å². The maximum absolute atomic E-state index is 9.03. The quantitative estimate of drug-likeness (QED) is 0.594. The Kier molecular flexibility index (Phi) is 13.1. The van der Waals surface area contributed by atoms with Crippen LogP contribution in [0.25, 0.3) is 0 Å². The van der Waals surface area contributed by atoms with E-state index in [4.69, 9.17) is 10.2 Å². The highest BCUT2D eigenvalue weighted by atomic mass is 16.3. The first-order valence-corrected chi connectivity index (χ1v) is 4.92. The lowest BCUT2D eigenvalue weighted by molar-refractivity contribution is 0.112. The van der Waals surface area contributed by atoms with Crippen LogP contribution in [0.2, 0.25) is 0 Å². The summed E-state index contributed by atoms with van der Waals surface area (Å²) < 4.78 is 0. The van der Waals surface area contributed by atoms with E-state index in [0.29, 0.717) is 0 Å². The zero-order valence-corrected chi connectivity index (χ0v) is 8.88. The molecule has 12 heavy (non-hydrogen) atoms. The topological polar surface area (TPSA) is 40.5 Å². The third kappa shape index (κ3) is 8.02. The van der Waals surface area contributed by atoms with Gasteiger partial charge in [-0.25, -0.2) is 0 Å². The number of hydrogen-bond donors (Lipinski definition) is 2. The van der Waals surface area contributed by atoms with Gasteiger partial charge in [0, 0.05) is 7.11 Å². The lowest BCUT2D eigenvalue weighted by Gasteiger charge is -2.21. The Morgan fingerprint density at radius 1 is 0.917 bits per heavy atom. The molecule has 0 spiro atoms. The molecule has 0 aromatic carbocycles. The molecule has 0 amide bonds. The average molecular weight is 176 g/mol. The van der Waals surface area contributed by atoms with Crippen molar-refractivity contribution < 1.29 is 10.2 Å². The largest absolute Gasteiger partial charge is 0.400 e. The van der Waals surface area contributed by atoms with Gasteiger partial charge in [-0.05, 0) is 31.6 Å². The highest BCUT2D eigenvalue weighted by molar-refractivity contribution is 4.67. The smallest absolute Gasteiger partial charge is 0.0540 e. The standard InChI is InChI=1S/C7H14O.C2H6.CH4O/c1-6-2-4-7(8)5-3-6;2*1-2/h6-8H,2-5H2,1H3;1-2H3;2H,1H3. The van der Waals surface area contributed by atoms with Gasteiger partial charge in [-0.15, -0.1) is 0 Å². The molecule has 76 valence electrons. The van der Waals surface area contributed by atoms with Gasteiger partial charge in [0.15, 0.2) is 0 Å². The second-order valence-electron chi connectivity index (χ2n) is 2.91. The zero-order valence-electron chi connectivity index (χ0n) is 8.88. The second kappa shape index (κ2) is 10.9. The fraction of sp³-hybridized carbons (Fsp3) is 1.00. The van der Waals surface area contributed by atoms with Gasteiger partial charge in [0.25, 0.3) is 0 Å². The van der Waals surface area contributed by atoms with Gasteiger partial charge in [-0.3, -0.25) is 0 Å². The number of aliphatic hydroxyl groups excluding tert-OH is 2. The molecule has 0 unspecified atom stereocenters. The molecule has 1 saturated carbocycles. The third-order valence-electron chi connectivity index (χ3n) is 1.99. The van der Waals surface area contributed by atoms with Crippen LogP contribution in [-0.2, 0) is 0 Å². The highest BCUT2D eigenvalue weighted by Crippen LogP contribution is 2.22. The van der Waals surface area contributed by atoms with Gasteiger partial charge >= 0.3 is 0 Å². The maximum atomic E-state index is 9.03. The van der Waals surface area contributed by atoms with E-state index >= 15 is 0 Å². The monoisotopic (exact) mass is 176 g/mol. The fourth-order valence-corrected chi connectivity index (χ4v) is 1.24. The number of hydrogen-bond acceptors (Lipinski definition) is 2. The molecule has 1 aliphatic rings. The Bertz CT molecular complexity index is 56.2. The molecule has 1 aliphatic carbocycles. The van der Waals surface area contributed by atoms with Crippen LogP contribution in [-0.4, -0.2) is 23.4 Å². The summed E-state index contributed by atoms with van der Waals surface area (Å²) >= 11 is 0. The minimum absolute atomic E-state index is 0.0196. The van der Waals surface area contributed by atoms with E-state index in [-0.39, 0.29) is 6.10 Å². The number of aliphatic hydroxyl groups is 2. The molecule has 0 heterocycles. The van der Waals surface area contributed by atoms with Crippen LogP contribution < -0.4 is 0 Å². The molecule has 0 bridgehead atoms. The van der Waals surface area contributed by atoms with Crippen molar-refractivity contribution in [3.8, 4) is 0 Å². The van der Waals surface area contributed by atoms with Crippen molar-refractivity contribution >= 4 is 0 Å². The SMILES string of the molecule is CC.CC1CCC(O)CC1.CO. The average Bonchev–Trinajstić information content (AvgIpc) is 2.17. The van der Waals surface area contributed by atoms with Crippen LogP contribution in [0.15, 0.2) is 0 Å². The first-order chi connectivity index (χ1) is 5.79. The molecule has 0 aromatic heterocycles. The predicted molar refractivity (Wildman–Crippen MR) is 53.1 cm³/mol. The summed E-state index contributed by atoms with van der Waals surface area (Å²) in [5.41, 5.74) is 0. The minimum Gasteiger partial charge on any atom is -0.400 e. The van der Waals surface area contributed by atoms with Crippen LogP contribution in [0.5, 0.6) is 0 Å². The van der Waals surface area contributed by atoms with Gasteiger partial charge in [0.1, 0.15) is 0 Å². The van der Waals surface area contributed by atoms with E-state index in [9.17, 15) is 0 Å². The summed E-state index contributed by atoms with van der Waals surface area (Å²) in [4.78, 5) is 0. The summed E-state index contributed by atoms with van der Waals surface area (Å²) in [6.45, 7) is 6.26. The second-order valence-corrected chi connectivity index (χ2v) is 2.91. The first kappa shape index (κ1) is 14.4. The van der Waals surface area contributed by atoms with Crippen LogP contribution in [0, 0.1) is 5.92 Å². The Labute approximate surface area is 76.6 Å². The van der Waals surface area contributed by atoms with E-state index in [0.717, 1.165) is 25.9 Å². The molecule has 0 aliphatic heterocycles. The van der Waals surface area contributed by atoms with Gasteiger partial charge in [-0.1, -0.05) is 20.8 Å². The van der Waals surface area contributed by atoms with Crippen molar-refractivity contribution in [2.24, 2.45) is 5.92 Å². The lowest BCUT2D eigenvalue weighted by Crippen LogP contribution is -2.15. The zero-order chi connectivity index (χ0) is 9.98. The van der Waals surface area contributed by atoms with Crippen molar-refractivity contribution in [1.29, 1.82) is 0 Å². The molecule has 2 nitrogen and oxygen atoms in total. The van der Waals surface area contributed by atoms with Gasteiger partial charge in [0.05, 0.1) is 6.10 Å². The molecular formula is C10H24O2. The molecular weight excluding hydrogens is 152 g/mol. The molecule has 2 N–H and O–H groups in total. The van der Waals surface area contributed by atoms with Crippen molar-refractivity contribution in [2.45, 2.75) is 52.6 Å². The Balaban J connectivity index is 0. The van der Waals surface area contributed by atoms with Crippen LogP contribution >= 0.6 is 0 Å². The van der Waals surface area contributed by atoms with Crippen LogP contribution in [0.4, 0.5) is 0 Å². The molecule has 2 heteroatoms. The lowest BCUT2D eigenvalue weighted by atomic mass is 9.89. The summed E-state index contributed by atoms with van der Waals surface area (Å²) in [7, 11) is 1.00.